The second-order valence-corrected chi connectivity index (χ2v) is 7.34. The second kappa shape index (κ2) is 8.23. The maximum atomic E-state index is 9.43. The minimum Gasteiger partial charge on any atom is -0.508 e. The molecule has 4 rings (SSSR count). The molecule has 28 heavy (non-hydrogen) atoms. The van der Waals surface area contributed by atoms with Gasteiger partial charge in [-0.05, 0) is 36.0 Å². The van der Waals surface area contributed by atoms with E-state index in [-0.39, 0.29) is 5.75 Å². The molecule has 3 aromatic heterocycles. The molecule has 0 fully saturated rings. The molecule has 1 aromatic carbocycles. The Hall–Kier alpha value is -3.18. The largest absolute Gasteiger partial charge is 0.508 e. The van der Waals surface area contributed by atoms with Crippen LogP contribution in [0.25, 0.3) is 5.65 Å². The summed E-state index contributed by atoms with van der Waals surface area (Å²) in [4.78, 5) is 8.91. The molecule has 1 unspecified atom stereocenters. The summed E-state index contributed by atoms with van der Waals surface area (Å²) in [6.45, 7) is 3.38. The Bertz CT molecular complexity index is 1070. The van der Waals surface area contributed by atoms with Crippen molar-refractivity contribution < 1.29 is 5.11 Å². The Labute approximate surface area is 164 Å². The van der Waals surface area contributed by atoms with Crippen molar-refractivity contribution in [2.75, 3.05) is 17.3 Å². The lowest BCUT2D eigenvalue weighted by atomic mass is 10.2. The Morgan fingerprint density at radius 1 is 1.04 bits per heavy atom. The van der Waals surface area contributed by atoms with Crippen LogP contribution >= 0.6 is 8.58 Å². The van der Waals surface area contributed by atoms with Crippen LogP contribution in [-0.4, -0.2) is 31.4 Å². The number of hydrogen-bond donors (Lipinski definition) is 3. The highest BCUT2D eigenvalue weighted by Gasteiger charge is 2.11. The molecule has 0 aliphatic rings. The van der Waals surface area contributed by atoms with Gasteiger partial charge in [0.2, 0.25) is 0 Å². The van der Waals surface area contributed by atoms with Crippen molar-refractivity contribution in [3.05, 3.63) is 72.2 Å². The van der Waals surface area contributed by atoms with Crippen LogP contribution in [0.4, 0.5) is 11.6 Å². The Kier molecular flexibility index (Phi) is 5.35. The van der Waals surface area contributed by atoms with Crippen molar-refractivity contribution in [1.29, 1.82) is 0 Å². The molecular formula is C20H21N6OP. The number of nitrogens with zero attached hydrogens (tertiary/aromatic N) is 4. The molecule has 1 atom stereocenters. The number of nitrogens with one attached hydrogen (secondary N) is 2. The molecule has 0 aliphatic carbocycles. The van der Waals surface area contributed by atoms with E-state index in [0.29, 0.717) is 21.7 Å². The van der Waals surface area contributed by atoms with Gasteiger partial charge in [-0.1, -0.05) is 26.8 Å². The number of aromatic nitrogens is 4. The van der Waals surface area contributed by atoms with Crippen molar-refractivity contribution in [1.82, 2.24) is 19.6 Å². The molecule has 0 spiro atoms. The Balaban J connectivity index is 1.59. The van der Waals surface area contributed by atoms with Crippen LogP contribution in [0.2, 0.25) is 0 Å². The third kappa shape index (κ3) is 4.05. The summed E-state index contributed by atoms with van der Waals surface area (Å²) in [6, 6.07) is 13.1. The fraction of sp³-hybridized carbons (Fsp3) is 0.150. The molecule has 0 radical (unpaired) electrons. The SMILES string of the molecule is CPc1cnn2c(NCc3cccnc3)cc(NCc3ccc(O)cc3)nc12. The van der Waals surface area contributed by atoms with E-state index >= 15 is 0 Å². The van der Waals surface area contributed by atoms with E-state index in [1.54, 1.807) is 18.3 Å². The predicted molar refractivity (Wildman–Crippen MR) is 114 cm³/mol. The lowest BCUT2D eigenvalue weighted by molar-refractivity contribution is 0.475. The summed E-state index contributed by atoms with van der Waals surface area (Å²) in [7, 11) is 0.610. The first-order chi connectivity index (χ1) is 13.7. The van der Waals surface area contributed by atoms with Crippen molar-refractivity contribution in [3.63, 3.8) is 0 Å². The van der Waals surface area contributed by atoms with Crippen molar-refractivity contribution in [2.45, 2.75) is 13.1 Å². The molecule has 0 saturated carbocycles. The summed E-state index contributed by atoms with van der Waals surface area (Å²) in [5.41, 5.74) is 3.01. The van der Waals surface area contributed by atoms with E-state index in [9.17, 15) is 5.11 Å². The van der Waals surface area contributed by atoms with Crippen molar-refractivity contribution in [3.8, 4) is 5.75 Å². The summed E-state index contributed by atoms with van der Waals surface area (Å²) in [5.74, 6) is 1.90. The van der Waals surface area contributed by atoms with Gasteiger partial charge in [0.25, 0.3) is 0 Å². The van der Waals surface area contributed by atoms with Gasteiger partial charge in [-0.3, -0.25) is 4.98 Å². The van der Waals surface area contributed by atoms with Gasteiger partial charge in [0.1, 0.15) is 17.4 Å². The van der Waals surface area contributed by atoms with E-state index in [2.05, 4.69) is 27.4 Å². The van der Waals surface area contributed by atoms with E-state index in [1.807, 2.05) is 47.2 Å². The van der Waals surface area contributed by atoms with Gasteiger partial charge in [0.15, 0.2) is 5.65 Å². The average molecular weight is 392 g/mol. The van der Waals surface area contributed by atoms with Gasteiger partial charge in [0, 0.05) is 36.9 Å². The quantitative estimate of drug-likeness (QED) is 0.419. The van der Waals surface area contributed by atoms with Gasteiger partial charge in [0.05, 0.1) is 6.20 Å². The summed E-state index contributed by atoms with van der Waals surface area (Å²) in [6.07, 6.45) is 5.48. The fourth-order valence-corrected chi connectivity index (χ4v) is 3.43. The molecule has 3 N–H and O–H groups in total. The highest BCUT2D eigenvalue weighted by atomic mass is 31.1. The zero-order valence-corrected chi connectivity index (χ0v) is 16.4. The van der Waals surface area contributed by atoms with E-state index in [4.69, 9.17) is 4.98 Å². The number of benzene rings is 1. The molecule has 0 amide bonds. The standard InChI is InChI=1S/C20H21N6OP/c1-28-17-13-24-26-19(23-12-15-3-2-8-21-10-15)9-18(25-20(17)26)22-11-14-4-6-16(27)7-5-14/h2-10,13,23,27-28H,11-12H2,1H3,(H,22,25). The maximum absolute atomic E-state index is 9.43. The van der Waals surface area contributed by atoms with E-state index < -0.39 is 0 Å². The average Bonchev–Trinajstić information content (AvgIpc) is 3.15. The van der Waals surface area contributed by atoms with Crippen LogP contribution < -0.4 is 15.9 Å². The number of phenolic OH excluding ortho intramolecular Hbond substituents is 1. The zero-order valence-electron chi connectivity index (χ0n) is 15.4. The molecular weight excluding hydrogens is 371 g/mol. The van der Waals surface area contributed by atoms with Crippen LogP contribution in [0.3, 0.4) is 0 Å². The maximum Gasteiger partial charge on any atom is 0.167 e. The predicted octanol–water partition coefficient (Wildman–Crippen LogP) is 2.99. The van der Waals surface area contributed by atoms with Crippen molar-refractivity contribution >= 4 is 31.2 Å². The van der Waals surface area contributed by atoms with Gasteiger partial charge < -0.3 is 15.7 Å². The van der Waals surface area contributed by atoms with Gasteiger partial charge in [-0.25, -0.2) is 4.98 Å². The smallest absolute Gasteiger partial charge is 0.167 e. The highest BCUT2D eigenvalue weighted by Crippen LogP contribution is 2.20. The van der Waals surface area contributed by atoms with Crippen LogP contribution in [0, 0.1) is 0 Å². The first-order valence-electron chi connectivity index (χ1n) is 8.94. The summed E-state index contributed by atoms with van der Waals surface area (Å²) < 4.78 is 1.84. The summed E-state index contributed by atoms with van der Waals surface area (Å²) in [5, 5.41) is 21.9. The minimum atomic E-state index is 0.262. The molecule has 0 bridgehead atoms. The number of fused-ring (bicyclic) bond motifs is 1. The zero-order chi connectivity index (χ0) is 19.3. The first-order valence-corrected chi connectivity index (χ1v) is 10.4. The third-order valence-corrected chi connectivity index (χ3v) is 5.24. The van der Waals surface area contributed by atoms with Crippen molar-refractivity contribution in [2.24, 2.45) is 0 Å². The molecule has 4 aromatic rings. The van der Waals surface area contributed by atoms with Gasteiger partial charge in [-0.15, -0.1) is 0 Å². The second-order valence-electron chi connectivity index (χ2n) is 6.31. The number of phenols is 1. The first kappa shape index (κ1) is 18.2. The Morgan fingerprint density at radius 3 is 2.61 bits per heavy atom. The topological polar surface area (TPSA) is 87.4 Å². The summed E-state index contributed by atoms with van der Waals surface area (Å²) >= 11 is 0. The molecule has 8 heteroatoms. The molecule has 7 nitrogen and oxygen atoms in total. The highest BCUT2D eigenvalue weighted by molar-refractivity contribution is 7.46. The number of hydrogen-bond acceptors (Lipinski definition) is 6. The van der Waals surface area contributed by atoms with Gasteiger partial charge in [-0.2, -0.15) is 9.61 Å². The molecule has 0 aliphatic heterocycles. The molecule has 3 heterocycles. The van der Waals surface area contributed by atoms with Crippen LogP contribution in [0.5, 0.6) is 5.75 Å². The minimum absolute atomic E-state index is 0.262. The number of pyridine rings is 1. The number of aromatic hydroxyl groups is 1. The fourth-order valence-electron chi connectivity index (χ4n) is 2.86. The van der Waals surface area contributed by atoms with Crippen LogP contribution in [0.1, 0.15) is 11.1 Å². The monoisotopic (exact) mass is 392 g/mol. The lowest BCUT2D eigenvalue weighted by Crippen LogP contribution is -2.10. The molecule has 0 saturated heterocycles. The van der Waals surface area contributed by atoms with Crippen LogP contribution in [-0.2, 0) is 13.1 Å². The normalized spacial score (nSPS) is 11.3. The molecule has 142 valence electrons. The van der Waals surface area contributed by atoms with E-state index in [1.165, 1.54) is 0 Å². The van der Waals surface area contributed by atoms with Gasteiger partial charge >= 0.3 is 0 Å². The number of anilines is 2. The third-order valence-electron chi connectivity index (χ3n) is 4.35. The lowest BCUT2D eigenvalue weighted by Gasteiger charge is -2.12. The van der Waals surface area contributed by atoms with E-state index in [0.717, 1.165) is 33.7 Å². The number of rotatable bonds is 7. The van der Waals surface area contributed by atoms with Crippen LogP contribution in [0.15, 0.2) is 61.1 Å². The Morgan fingerprint density at radius 2 is 1.86 bits per heavy atom.